The molecule has 0 radical (unpaired) electrons. The molecule has 6 nitrogen and oxygen atoms in total. The zero-order chi connectivity index (χ0) is 18.6. The van der Waals surface area contributed by atoms with E-state index in [-0.39, 0.29) is 30.5 Å². The molecular weight excluding hydrogens is 452 g/mol. The summed E-state index contributed by atoms with van der Waals surface area (Å²) in [6.45, 7) is 6.87. The molecule has 1 amide bonds. The van der Waals surface area contributed by atoms with E-state index >= 15 is 0 Å². The minimum Gasteiger partial charge on any atom is -0.381 e. The van der Waals surface area contributed by atoms with Gasteiger partial charge < -0.3 is 20.3 Å². The summed E-state index contributed by atoms with van der Waals surface area (Å²) in [6, 6.07) is 0. The van der Waals surface area contributed by atoms with Gasteiger partial charge in [-0.1, -0.05) is 13.8 Å². The average Bonchev–Trinajstić information content (AvgIpc) is 2.45. The van der Waals surface area contributed by atoms with E-state index in [1.54, 1.807) is 0 Å². The van der Waals surface area contributed by atoms with Gasteiger partial charge in [-0.05, 0) is 19.3 Å². The van der Waals surface area contributed by atoms with Gasteiger partial charge in [-0.15, -0.1) is 24.0 Å². The lowest BCUT2D eigenvalue weighted by Gasteiger charge is -2.18. The number of aliphatic imine (C=N–C) groups is 1. The SMILES string of the molecule is CCNC(=NCC(=O)N(C)CC(F)(F)F)NCCCOCC(C)C.I. The zero-order valence-corrected chi connectivity index (χ0v) is 17.6. The summed E-state index contributed by atoms with van der Waals surface area (Å²) in [6.07, 6.45) is -3.65. The Labute approximate surface area is 165 Å². The van der Waals surface area contributed by atoms with Crippen molar-refractivity contribution >= 4 is 35.8 Å². The second-order valence-electron chi connectivity index (χ2n) is 5.81. The van der Waals surface area contributed by atoms with Crippen molar-refractivity contribution in [3.63, 3.8) is 0 Å². The summed E-state index contributed by atoms with van der Waals surface area (Å²) < 4.78 is 42.2. The number of alkyl halides is 3. The molecule has 0 aliphatic heterocycles. The fourth-order valence-corrected chi connectivity index (χ4v) is 1.67. The number of hydrogen-bond acceptors (Lipinski definition) is 3. The van der Waals surface area contributed by atoms with Gasteiger partial charge in [0.15, 0.2) is 5.96 Å². The third-order valence-electron chi connectivity index (χ3n) is 2.77. The van der Waals surface area contributed by atoms with Crippen molar-refractivity contribution in [2.75, 3.05) is 46.4 Å². The zero-order valence-electron chi connectivity index (χ0n) is 15.3. The van der Waals surface area contributed by atoms with Crippen LogP contribution >= 0.6 is 24.0 Å². The summed E-state index contributed by atoms with van der Waals surface area (Å²) in [7, 11) is 1.11. The first kappa shape index (κ1) is 26.4. The van der Waals surface area contributed by atoms with Crippen molar-refractivity contribution in [3.8, 4) is 0 Å². The minimum absolute atomic E-state index is 0. The van der Waals surface area contributed by atoms with Gasteiger partial charge in [0.2, 0.25) is 5.91 Å². The molecule has 0 aliphatic rings. The van der Waals surface area contributed by atoms with Crippen LogP contribution in [0.1, 0.15) is 27.2 Å². The number of amides is 1. The molecule has 10 heteroatoms. The first-order valence-corrected chi connectivity index (χ1v) is 8.06. The topological polar surface area (TPSA) is 66.0 Å². The summed E-state index contributed by atoms with van der Waals surface area (Å²) in [5, 5.41) is 5.96. The van der Waals surface area contributed by atoms with E-state index < -0.39 is 18.6 Å². The van der Waals surface area contributed by atoms with Gasteiger partial charge in [-0.3, -0.25) is 4.79 Å². The first-order valence-electron chi connectivity index (χ1n) is 8.06. The van der Waals surface area contributed by atoms with Crippen LogP contribution in [0.4, 0.5) is 13.2 Å². The van der Waals surface area contributed by atoms with Crippen LogP contribution < -0.4 is 10.6 Å². The Morgan fingerprint density at radius 2 is 1.92 bits per heavy atom. The van der Waals surface area contributed by atoms with E-state index in [0.29, 0.717) is 43.1 Å². The lowest BCUT2D eigenvalue weighted by Crippen LogP contribution is -2.40. The third kappa shape index (κ3) is 16.4. The fraction of sp³-hybridized carbons (Fsp3) is 0.867. The molecule has 0 rings (SSSR count). The Morgan fingerprint density at radius 3 is 2.44 bits per heavy atom. The number of guanidine groups is 1. The number of halogens is 4. The molecule has 0 unspecified atom stereocenters. The second-order valence-corrected chi connectivity index (χ2v) is 5.81. The van der Waals surface area contributed by atoms with Crippen molar-refractivity contribution in [2.45, 2.75) is 33.4 Å². The molecule has 0 aromatic rings. The lowest BCUT2D eigenvalue weighted by atomic mass is 10.2. The number of nitrogens with zero attached hydrogens (tertiary/aromatic N) is 2. The van der Waals surface area contributed by atoms with Crippen molar-refractivity contribution < 1.29 is 22.7 Å². The number of nitrogens with one attached hydrogen (secondary N) is 2. The Balaban J connectivity index is 0. The van der Waals surface area contributed by atoms with Crippen LogP contribution in [0.15, 0.2) is 4.99 Å². The monoisotopic (exact) mass is 482 g/mol. The maximum absolute atomic E-state index is 12.2. The molecule has 0 fully saturated rings. The molecule has 2 N–H and O–H groups in total. The van der Waals surface area contributed by atoms with Crippen molar-refractivity contribution in [1.82, 2.24) is 15.5 Å². The second kappa shape index (κ2) is 14.4. The first-order chi connectivity index (χ1) is 11.2. The molecule has 0 aromatic carbocycles. The van der Waals surface area contributed by atoms with E-state index in [2.05, 4.69) is 29.5 Å². The van der Waals surface area contributed by atoms with Gasteiger partial charge in [-0.25, -0.2) is 4.99 Å². The maximum atomic E-state index is 12.2. The van der Waals surface area contributed by atoms with Gasteiger partial charge in [0.1, 0.15) is 13.1 Å². The molecule has 0 aliphatic carbocycles. The molecule has 150 valence electrons. The quantitative estimate of drug-likeness (QED) is 0.217. The smallest absolute Gasteiger partial charge is 0.381 e. The van der Waals surface area contributed by atoms with Crippen LogP contribution in [0.5, 0.6) is 0 Å². The molecule has 25 heavy (non-hydrogen) atoms. The number of carbonyl (C=O) groups is 1. The number of hydrogen-bond donors (Lipinski definition) is 2. The predicted molar refractivity (Wildman–Crippen MR) is 103 cm³/mol. The maximum Gasteiger partial charge on any atom is 0.406 e. The molecule has 0 atom stereocenters. The van der Waals surface area contributed by atoms with Crippen LogP contribution in [0.2, 0.25) is 0 Å². The molecular formula is C15H30F3IN4O2. The van der Waals surface area contributed by atoms with E-state index in [1.807, 2.05) is 6.92 Å². The van der Waals surface area contributed by atoms with Crippen molar-refractivity contribution in [1.29, 1.82) is 0 Å². The summed E-state index contributed by atoms with van der Waals surface area (Å²) in [5.41, 5.74) is 0. The highest BCUT2D eigenvalue weighted by Crippen LogP contribution is 2.15. The molecule has 0 spiro atoms. The number of ether oxygens (including phenoxy) is 1. The van der Waals surface area contributed by atoms with Gasteiger partial charge in [0, 0.05) is 33.4 Å². The Kier molecular flexibility index (Phi) is 15.2. The van der Waals surface area contributed by atoms with E-state index in [9.17, 15) is 18.0 Å². The molecule has 0 heterocycles. The number of rotatable bonds is 10. The van der Waals surface area contributed by atoms with E-state index in [0.717, 1.165) is 13.5 Å². The van der Waals surface area contributed by atoms with Crippen molar-refractivity contribution in [2.24, 2.45) is 10.9 Å². The normalized spacial score (nSPS) is 11.9. The summed E-state index contributed by atoms with van der Waals surface area (Å²) >= 11 is 0. The third-order valence-corrected chi connectivity index (χ3v) is 2.77. The lowest BCUT2D eigenvalue weighted by molar-refractivity contribution is -0.157. The van der Waals surface area contributed by atoms with Crippen LogP contribution in [-0.4, -0.2) is 69.4 Å². The van der Waals surface area contributed by atoms with E-state index in [4.69, 9.17) is 4.74 Å². The van der Waals surface area contributed by atoms with Crippen LogP contribution in [0, 0.1) is 5.92 Å². The molecule has 0 aromatic heterocycles. The Morgan fingerprint density at radius 1 is 1.28 bits per heavy atom. The Bertz CT molecular complexity index is 393. The highest BCUT2D eigenvalue weighted by atomic mass is 127. The largest absolute Gasteiger partial charge is 0.406 e. The standard InChI is InChI=1S/C15H29F3N4O2.HI/c1-5-19-14(20-7-6-8-24-10-12(2)3)21-9-13(23)22(4)11-15(16,17)18;/h12H,5-11H2,1-4H3,(H2,19,20,21);1H. The van der Waals surface area contributed by atoms with Gasteiger partial charge in [-0.2, -0.15) is 13.2 Å². The van der Waals surface area contributed by atoms with E-state index in [1.165, 1.54) is 0 Å². The minimum atomic E-state index is -4.41. The Hall–Kier alpha value is -0.780. The summed E-state index contributed by atoms with van der Waals surface area (Å²) in [5.74, 6) is 0.191. The van der Waals surface area contributed by atoms with Crippen molar-refractivity contribution in [3.05, 3.63) is 0 Å². The molecule has 0 saturated carbocycles. The van der Waals surface area contributed by atoms with Crippen LogP contribution in [0.3, 0.4) is 0 Å². The molecule has 0 saturated heterocycles. The van der Waals surface area contributed by atoms with Crippen LogP contribution in [0.25, 0.3) is 0 Å². The van der Waals surface area contributed by atoms with Gasteiger partial charge >= 0.3 is 6.18 Å². The highest BCUT2D eigenvalue weighted by Gasteiger charge is 2.30. The average molecular weight is 482 g/mol. The number of likely N-dealkylation sites (N-methyl/N-ethyl adjacent to an activating group) is 1. The summed E-state index contributed by atoms with van der Waals surface area (Å²) in [4.78, 5) is 16.3. The highest BCUT2D eigenvalue weighted by molar-refractivity contribution is 14.0. The van der Waals surface area contributed by atoms with Gasteiger partial charge in [0.05, 0.1) is 0 Å². The van der Waals surface area contributed by atoms with Crippen LogP contribution in [-0.2, 0) is 9.53 Å². The molecule has 0 bridgehead atoms. The predicted octanol–water partition coefficient (Wildman–Crippen LogP) is 2.24. The van der Waals surface area contributed by atoms with Gasteiger partial charge in [0.25, 0.3) is 0 Å². The fourth-order valence-electron chi connectivity index (χ4n) is 1.67. The number of carbonyl (C=O) groups excluding carboxylic acids is 1.